The highest BCUT2D eigenvalue weighted by Crippen LogP contribution is 2.38. The van der Waals surface area contributed by atoms with Crippen LogP contribution in [0.1, 0.15) is 37.5 Å². The van der Waals surface area contributed by atoms with Crippen molar-refractivity contribution in [2.45, 2.75) is 26.4 Å². The van der Waals surface area contributed by atoms with Crippen molar-refractivity contribution in [3.8, 4) is 17.2 Å². The van der Waals surface area contributed by atoms with Gasteiger partial charge in [0.2, 0.25) is 0 Å². The van der Waals surface area contributed by atoms with Crippen molar-refractivity contribution in [3.63, 3.8) is 0 Å². The van der Waals surface area contributed by atoms with Crippen LogP contribution in [-0.2, 0) is 4.84 Å². The Labute approximate surface area is 173 Å². The fourth-order valence-corrected chi connectivity index (χ4v) is 3.45. The van der Waals surface area contributed by atoms with Crippen LogP contribution in [0.25, 0.3) is 0 Å². The molecule has 6 nitrogen and oxygen atoms in total. The third-order valence-electron chi connectivity index (χ3n) is 5.19. The maximum absolute atomic E-state index is 6.26. The van der Waals surface area contributed by atoms with Crippen LogP contribution in [0, 0.1) is 0 Å². The molecular weight excluding hydrogens is 368 g/mol. The number of nitrogens with zero attached hydrogens (tertiary/aromatic N) is 2. The molecule has 1 aliphatic heterocycles. The summed E-state index contributed by atoms with van der Waals surface area (Å²) in [5.41, 5.74) is 2.88. The zero-order chi connectivity index (χ0) is 20.6. The van der Waals surface area contributed by atoms with E-state index in [1.54, 1.807) is 14.2 Å². The van der Waals surface area contributed by atoms with Gasteiger partial charge in [0.25, 0.3) is 0 Å². The summed E-state index contributed by atoms with van der Waals surface area (Å²) in [4.78, 5) is 7.99. The van der Waals surface area contributed by atoms with Gasteiger partial charge >= 0.3 is 0 Å². The quantitative estimate of drug-likeness (QED) is 0.466. The molecule has 0 spiro atoms. The van der Waals surface area contributed by atoms with Gasteiger partial charge < -0.3 is 23.9 Å². The zero-order valence-corrected chi connectivity index (χ0v) is 17.7. The van der Waals surface area contributed by atoms with Gasteiger partial charge in [0, 0.05) is 18.5 Å². The van der Waals surface area contributed by atoms with E-state index in [-0.39, 0.29) is 6.10 Å². The zero-order valence-electron chi connectivity index (χ0n) is 17.7. The molecule has 6 heteroatoms. The number of benzene rings is 2. The Kier molecular flexibility index (Phi) is 7.36. The second-order valence-electron chi connectivity index (χ2n) is 6.82. The molecule has 0 unspecified atom stereocenters. The normalized spacial score (nSPS) is 17.0. The molecule has 0 saturated carbocycles. The molecule has 1 aliphatic rings. The lowest BCUT2D eigenvalue weighted by molar-refractivity contribution is 0.112. The molecule has 156 valence electrons. The smallest absolute Gasteiger partial charge is 0.161 e. The fraction of sp³-hybridized carbons (Fsp3) is 0.435. The molecule has 0 aliphatic carbocycles. The first-order chi connectivity index (χ1) is 14.2. The maximum atomic E-state index is 6.26. The van der Waals surface area contributed by atoms with E-state index in [0.29, 0.717) is 24.5 Å². The lowest BCUT2D eigenvalue weighted by Gasteiger charge is -2.27. The average Bonchev–Trinajstić information content (AvgIpc) is 2.78. The van der Waals surface area contributed by atoms with Crippen molar-refractivity contribution in [2.24, 2.45) is 5.16 Å². The Morgan fingerprint density at radius 2 is 1.79 bits per heavy atom. The van der Waals surface area contributed by atoms with E-state index < -0.39 is 0 Å². The van der Waals surface area contributed by atoms with Crippen LogP contribution in [0.4, 0.5) is 0 Å². The summed E-state index contributed by atoms with van der Waals surface area (Å²) < 4.78 is 17.1. The number of hydrogen-bond acceptors (Lipinski definition) is 6. The molecule has 29 heavy (non-hydrogen) atoms. The predicted molar refractivity (Wildman–Crippen MR) is 114 cm³/mol. The number of para-hydroxylation sites is 1. The van der Waals surface area contributed by atoms with Gasteiger partial charge in [-0.2, -0.15) is 0 Å². The van der Waals surface area contributed by atoms with Crippen molar-refractivity contribution in [3.05, 3.63) is 53.6 Å². The molecule has 0 radical (unpaired) electrons. The Bertz CT molecular complexity index is 833. The van der Waals surface area contributed by atoms with Crippen LogP contribution in [0.2, 0.25) is 0 Å². The van der Waals surface area contributed by atoms with Crippen LogP contribution in [0.3, 0.4) is 0 Å². The third-order valence-corrected chi connectivity index (χ3v) is 5.19. The van der Waals surface area contributed by atoms with Crippen LogP contribution >= 0.6 is 0 Å². The molecule has 0 amide bonds. The lowest BCUT2D eigenvalue weighted by Crippen LogP contribution is -2.27. The summed E-state index contributed by atoms with van der Waals surface area (Å²) >= 11 is 0. The monoisotopic (exact) mass is 398 g/mol. The van der Waals surface area contributed by atoms with Crippen LogP contribution in [0.15, 0.2) is 47.6 Å². The first-order valence-electron chi connectivity index (χ1n) is 10.1. The molecule has 0 aromatic heterocycles. The van der Waals surface area contributed by atoms with E-state index in [0.717, 1.165) is 42.2 Å². The second kappa shape index (κ2) is 10.2. The third kappa shape index (κ3) is 5.01. The predicted octanol–water partition coefficient (Wildman–Crippen LogP) is 4.29. The van der Waals surface area contributed by atoms with Crippen molar-refractivity contribution in [2.75, 3.05) is 40.5 Å². The molecule has 3 rings (SSSR count). The van der Waals surface area contributed by atoms with E-state index in [4.69, 9.17) is 19.0 Å². The van der Waals surface area contributed by atoms with Crippen molar-refractivity contribution < 1.29 is 19.0 Å². The minimum Gasteiger partial charge on any atom is -0.493 e. The van der Waals surface area contributed by atoms with Crippen molar-refractivity contribution in [1.82, 2.24) is 4.90 Å². The molecule has 2 aromatic rings. The molecule has 0 N–H and O–H groups in total. The number of rotatable bonds is 9. The van der Waals surface area contributed by atoms with E-state index >= 15 is 0 Å². The summed E-state index contributed by atoms with van der Waals surface area (Å²) in [5, 5.41) is 4.47. The highest BCUT2D eigenvalue weighted by atomic mass is 16.6. The molecule has 1 heterocycles. The minimum absolute atomic E-state index is 0.171. The maximum Gasteiger partial charge on any atom is 0.161 e. The standard InChI is InChI=1S/C23H30N2O4/c1-5-25(6-2)13-14-28-24-19-16-22(29-20-10-8-7-9-18(19)20)17-11-12-21(26-3)23(15-17)27-4/h7-12,15,22H,5-6,13-14,16H2,1-4H3/b24-19-/t22-/m0/s1. The topological polar surface area (TPSA) is 52.5 Å². The largest absolute Gasteiger partial charge is 0.493 e. The minimum atomic E-state index is -0.171. The molecule has 1 atom stereocenters. The van der Waals surface area contributed by atoms with Gasteiger partial charge in [-0.15, -0.1) is 0 Å². The van der Waals surface area contributed by atoms with Crippen LogP contribution < -0.4 is 14.2 Å². The number of likely N-dealkylation sites (N-methyl/N-ethyl adjacent to an activating group) is 1. The average molecular weight is 399 g/mol. The van der Waals surface area contributed by atoms with Crippen molar-refractivity contribution >= 4 is 5.71 Å². The van der Waals surface area contributed by atoms with E-state index in [9.17, 15) is 0 Å². The Morgan fingerprint density at radius 1 is 1.03 bits per heavy atom. The molecular formula is C23H30N2O4. The first kappa shape index (κ1) is 21.0. The number of hydrogen-bond donors (Lipinski definition) is 0. The molecule has 2 aromatic carbocycles. The lowest BCUT2D eigenvalue weighted by atomic mass is 9.95. The van der Waals surface area contributed by atoms with Crippen LogP contribution in [-0.4, -0.2) is 51.1 Å². The van der Waals surface area contributed by atoms with E-state index in [1.165, 1.54) is 0 Å². The fourth-order valence-electron chi connectivity index (χ4n) is 3.45. The molecule has 0 bridgehead atoms. The Hall–Kier alpha value is -2.73. The number of fused-ring (bicyclic) bond motifs is 1. The number of methoxy groups -OCH3 is 2. The highest BCUT2D eigenvalue weighted by Gasteiger charge is 2.27. The van der Waals surface area contributed by atoms with Gasteiger partial charge in [0.1, 0.15) is 18.5 Å². The first-order valence-corrected chi connectivity index (χ1v) is 10.1. The number of ether oxygens (including phenoxy) is 3. The van der Waals surface area contributed by atoms with Crippen molar-refractivity contribution in [1.29, 1.82) is 0 Å². The summed E-state index contributed by atoms with van der Waals surface area (Å²) in [5.74, 6) is 2.19. The van der Waals surface area contributed by atoms with Gasteiger partial charge in [-0.3, -0.25) is 0 Å². The van der Waals surface area contributed by atoms with E-state index in [1.807, 2.05) is 42.5 Å². The second-order valence-corrected chi connectivity index (χ2v) is 6.82. The summed E-state index contributed by atoms with van der Waals surface area (Å²) in [6.07, 6.45) is 0.451. The molecule has 0 saturated heterocycles. The van der Waals surface area contributed by atoms with Gasteiger partial charge in [0.05, 0.1) is 19.9 Å². The summed E-state index contributed by atoms with van der Waals surface area (Å²) in [7, 11) is 3.26. The van der Waals surface area contributed by atoms with Gasteiger partial charge in [-0.25, -0.2) is 0 Å². The van der Waals surface area contributed by atoms with Gasteiger partial charge in [-0.05, 0) is 42.9 Å². The highest BCUT2D eigenvalue weighted by molar-refractivity contribution is 6.03. The molecule has 0 fully saturated rings. The van der Waals surface area contributed by atoms with Gasteiger partial charge in [0.15, 0.2) is 11.5 Å². The Morgan fingerprint density at radius 3 is 2.52 bits per heavy atom. The number of oxime groups is 1. The Balaban J connectivity index is 1.80. The SMILES string of the molecule is CCN(CC)CCO/N=C1/C[C@@H](c2ccc(OC)c(OC)c2)Oc2ccccc21. The van der Waals surface area contributed by atoms with Crippen LogP contribution in [0.5, 0.6) is 17.2 Å². The summed E-state index contributed by atoms with van der Waals surface area (Å²) in [6, 6.07) is 13.8. The van der Waals surface area contributed by atoms with Gasteiger partial charge in [-0.1, -0.05) is 37.2 Å². The summed E-state index contributed by atoms with van der Waals surface area (Å²) in [6.45, 7) is 7.74. The van der Waals surface area contributed by atoms with E-state index in [2.05, 4.69) is 23.9 Å².